The molecule has 0 radical (unpaired) electrons. The molecule has 0 aliphatic carbocycles. The average Bonchev–Trinajstić information content (AvgIpc) is 3.07. The van der Waals surface area contributed by atoms with E-state index in [1.54, 1.807) is 0 Å². The van der Waals surface area contributed by atoms with Crippen molar-refractivity contribution in [2.75, 3.05) is 31.1 Å². The molecule has 0 bridgehead atoms. The molecule has 1 amide bonds. The Labute approximate surface area is 173 Å². The van der Waals surface area contributed by atoms with E-state index in [4.69, 9.17) is 16.6 Å². The second-order valence-electron chi connectivity index (χ2n) is 7.23. The van der Waals surface area contributed by atoms with E-state index in [2.05, 4.69) is 16.1 Å². The highest BCUT2D eigenvalue weighted by molar-refractivity contribution is 6.34. The van der Waals surface area contributed by atoms with Gasteiger partial charge in [0.15, 0.2) is 5.65 Å². The minimum atomic E-state index is 0.0768. The largest absolute Gasteiger partial charge is 0.352 e. The van der Waals surface area contributed by atoms with Crippen LogP contribution in [0.5, 0.6) is 0 Å². The van der Waals surface area contributed by atoms with Crippen molar-refractivity contribution in [2.24, 2.45) is 0 Å². The standard InChI is InChI=1S/C22H20ClN5O/c1-15-19(23)21-24-20(17-9-5-6-10-18(17)28(21)25-15)26-11-13-27(14-12-26)22(29)16-7-3-2-4-8-16/h2-10H,11-14H2,1H3. The number of carbonyl (C=O) groups is 1. The number of rotatable bonds is 2. The maximum Gasteiger partial charge on any atom is 0.253 e. The number of amides is 1. The molecule has 0 atom stereocenters. The van der Waals surface area contributed by atoms with E-state index in [-0.39, 0.29) is 5.91 Å². The van der Waals surface area contributed by atoms with Gasteiger partial charge in [-0.05, 0) is 31.2 Å². The molecule has 1 fully saturated rings. The van der Waals surface area contributed by atoms with Gasteiger partial charge < -0.3 is 9.80 Å². The van der Waals surface area contributed by atoms with Crippen LogP contribution in [0.15, 0.2) is 54.6 Å². The Balaban J connectivity index is 1.47. The van der Waals surface area contributed by atoms with Crippen LogP contribution in [0.2, 0.25) is 5.02 Å². The van der Waals surface area contributed by atoms with Crippen molar-refractivity contribution in [3.05, 3.63) is 70.9 Å². The quantitative estimate of drug-likeness (QED) is 0.509. The summed E-state index contributed by atoms with van der Waals surface area (Å²) in [6.45, 7) is 4.63. The van der Waals surface area contributed by atoms with Crippen molar-refractivity contribution in [1.82, 2.24) is 19.5 Å². The van der Waals surface area contributed by atoms with Gasteiger partial charge in [0.2, 0.25) is 0 Å². The summed E-state index contributed by atoms with van der Waals surface area (Å²) in [4.78, 5) is 21.7. The summed E-state index contributed by atoms with van der Waals surface area (Å²) in [5.74, 6) is 0.967. The third kappa shape index (κ3) is 3.00. The first-order chi connectivity index (χ1) is 14.1. The van der Waals surface area contributed by atoms with Gasteiger partial charge in [0, 0.05) is 37.1 Å². The Morgan fingerprint density at radius 3 is 2.41 bits per heavy atom. The molecular weight excluding hydrogens is 386 g/mol. The lowest BCUT2D eigenvalue weighted by atomic mass is 10.1. The van der Waals surface area contributed by atoms with Crippen LogP contribution in [0, 0.1) is 6.92 Å². The monoisotopic (exact) mass is 405 g/mol. The second kappa shape index (κ2) is 7.04. The van der Waals surface area contributed by atoms with Crippen LogP contribution < -0.4 is 4.90 Å². The summed E-state index contributed by atoms with van der Waals surface area (Å²) in [7, 11) is 0. The van der Waals surface area contributed by atoms with Crippen molar-refractivity contribution in [3.63, 3.8) is 0 Å². The lowest BCUT2D eigenvalue weighted by Crippen LogP contribution is -2.49. The van der Waals surface area contributed by atoms with Gasteiger partial charge >= 0.3 is 0 Å². The maximum absolute atomic E-state index is 12.7. The number of benzene rings is 2. The molecule has 1 aliphatic rings. The molecule has 146 valence electrons. The molecule has 0 unspecified atom stereocenters. The predicted molar refractivity (Wildman–Crippen MR) is 115 cm³/mol. The summed E-state index contributed by atoms with van der Waals surface area (Å²) < 4.78 is 1.81. The zero-order chi connectivity index (χ0) is 20.0. The van der Waals surface area contributed by atoms with Crippen LogP contribution in [0.4, 0.5) is 5.82 Å². The van der Waals surface area contributed by atoms with Crippen LogP contribution in [0.1, 0.15) is 16.1 Å². The zero-order valence-electron chi connectivity index (χ0n) is 16.0. The van der Waals surface area contributed by atoms with Crippen molar-refractivity contribution in [1.29, 1.82) is 0 Å². The van der Waals surface area contributed by atoms with E-state index in [9.17, 15) is 4.79 Å². The van der Waals surface area contributed by atoms with Crippen molar-refractivity contribution in [2.45, 2.75) is 6.92 Å². The van der Waals surface area contributed by atoms with Crippen molar-refractivity contribution in [3.8, 4) is 0 Å². The fourth-order valence-electron chi connectivity index (χ4n) is 3.89. The summed E-state index contributed by atoms with van der Waals surface area (Å²) in [6, 6.07) is 17.5. The maximum atomic E-state index is 12.7. The summed E-state index contributed by atoms with van der Waals surface area (Å²) >= 11 is 6.47. The van der Waals surface area contributed by atoms with Crippen LogP contribution in [0.25, 0.3) is 16.6 Å². The molecule has 0 N–H and O–H groups in total. The van der Waals surface area contributed by atoms with Crippen LogP contribution in [0.3, 0.4) is 0 Å². The van der Waals surface area contributed by atoms with Gasteiger partial charge in [-0.1, -0.05) is 41.9 Å². The Morgan fingerprint density at radius 1 is 0.966 bits per heavy atom. The number of aromatic nitrogens is 3. The first kappa shape index (κ1) is 17.9. The van der Waals surface area contributed by atoms with Gasteiger partial charge in [-0.25, -0.2) is 9.50 Å². The fourth-order valence-corrected chi connectivity index (χ4v) is 4.05. The number of aryl methyl sites for hydroxylation is 1. The minimum Gasteiger partial charge on any atom is -0.352 e. The number of anilines is 1. The minimum absolute atomic E-state index is 0.0768. The number of halogens is 1. The highest BCUT2D eigenvalue weighted by Crippen LogP contribution is 2.30. The number of nitrogens with zero attached hydrogens (tertiary/aromatic N) is 5. The highest BCUT2D eigenvalue weighted by Gasteiger charge is 2.25. The van der Waals surface area contributed by atoms with Gasteiger partial charge in [0.1, 0.15) is 10.8 Å². The van der Waals surface area contributed by atoms with E-state index in [0.29, 0.717) is 23.8 Å². The molecule has 1 saturated heterocycles. The Bertz CT molecular complexity index is 1210. The molecular formula is C22H20ClN5O. The van der Waals surface area contributed by atoms with E-state index in [1.165, 1.54) is 0 Å². The van der Waals surface area contributed by atoms with Crippen LogP contribution in [-0.2, 0) is 0 Å². The first-order valence-electron chi connectivity index (χ1n) is 9.66. The number of carbonyl (C=O) groups excluding carboxylic acids is 1. The smallest absolute Gasteiger partial charge is 0.253 e. The third-order valence-electron chi connectivity index (χ3n) is 5.44. The fraction of sp³-hybridized carbons (Fsp3) is 0.227. The molecule has 2 aromatic heterocycles. The van der Waals surface area contributed by atoms with Gasteiger partial charge in [-0.3, -0.25) is 4.79 Å². The molecule has 4 aromatic rings. The predicted octanol–water partition coefficient (Wildman–Crippen LogP) is 3.81. The van der Waals surface area contributed by atoms with E-state index in [0.717, 1.165) is 41.1 Å². The molecule has 5 rings (SSSR count). The molecule has 0 spiro atoms. The Morgan fingerprint density at radius 2 is 1.66 bits per heavy atom. The lowest BCUT2D eigenvalue weighted by molar-refractivity contribution is 0.0746. The number of para-hydroxylation sites is 1. The zero-order valence-corrected chi connectivity index (χ0v) is 16.8. The second-order valence-corrected chi connectivity index (χ2v) is 7.61. The number of hydrogen-bond donors (Lipinski definition) is 0. The molecule has 1 aliphatic heterocycles. The summed E-state index contributed by atoms with van der Waals surface area (Å²) in [6.07, 6.45) is 0. The molecule has 6 nitrogen and oxygen atoms in total. The molecule has 3 heterocycles. The summed E-state index contributed by atoms with van der Waals surface area (Å²) in [5.41, 5.74) is 3.14. The van der Waals surface area contributed by atoms with Crippen molar-refractivity contribution >= 4 is 39.9 Å². The van der Waals surface area contributed by atoms with Gasteiger partial charge in [-0.2, -0.15) is 5.10 Å². The van der Waals surface area contributed by atoms with E-state index >= 15 is 0 Å². The van der Waals surface area contributed by atoms with Gasteiger partial charge in [0.05, 0.1) is 11.2 Å². The molecule has 7 heteroatoms. The molecule has 2 aromatic carbocycles. The Kier molecular flexibility index (Phi) is 4.36. The molecule has 29 heavy (non-hydrogen) atoms. The van der Waals surface area contributed by atoms with Gasteiger partial charge in [-0.15, -0.1) is 0 Å². The highest BCUT2D eigenvalue weighted by atomic mass is 35.5. The molecule has 0 saturated carbocycles. The average molecular weight is 406 g/mol. The van der Waals surface area contributed by atoms with Crippen LogP contribution in [-0.4, -0.2) is 51.6 Å². The SMILES string of the molecule is Cc1nn2c(nc(N3CCN(C(=O)c4ccccc4)CC3)c3ccccc32)c1Cl. The number of fused-ring (bicyclic) bond motifs is 3. The Hall–Kier alpha value is -3.12. The van der Waals surface area contributed by atoms with E-state index < -0.39 is 0 Å². The number of piperazine rings is 1. The lowest BCUT2D eigenvalue weighted by Gasteiger charge is -2.36. The topological polar surface area (TPSA) is 53.7 Å². The van der Waals surface area contributed by atoms with Crippen molar-refractivity contribution < 1.29 is 4.79 Å². The van der Waals surface area contributed by atoms with Crippen LogP contribution >= 0.6 is 11.6 Å². The van der Waals surface area contributed by atoms with Gasteiger partial charge in [0.25, 0.3) is 5.91 Å². The number of hydrogen-bond acceptors (Lipinski definition) is 4. The summed E-state index contributed by atoms with van der Waals surface area (Å²) in [5, 5.41) is 6.15. The first-order valence-corrected chi connectivity index (χ1v) is 10.0. The van der Waals surface area contributed by atoms with E-state index in [1.807, 2.05) is 64.9 Å². The third-order valence-corrected chi connectivity index (χ3v) is 5.88. The normalized spacial score (nSPS) is 14.7.